The monoisotopic (exact) mass is 357 g/mol. The van der Waals surface area contributed by atoms with Crippen LogP contribution in [0, 0.1) is 10.1 Å². The van der Waals surface area contributed by atoms with E-state index in [0.717, 1.165) is 11.3 Å². The van der Waals surface area contributed by atoms with Crippen LogP contribution >= 0.6 is 11.8 Å². The molecule has 0 bridgehead atoms. The number of hydrogen-bond donors (Lipinski definition) is 0. The molecule has 0 N–H and O–H groups in total. The SMILES string of the molecule is CCOc1ccccc1CSc1nnc(-c2cccc([N+](=O)[O-])c2)o1. The number of nitrogens with zero attached hydrogens (tertiary/aromatic N) is 3. The lowest BCUT2D eigenvalue weighted by Crippen LogP contribution is -1.95. The standard InChI is InChI=1S/C17H15N3O4S/c1-2-23-15-9-4-3-6-13(15)11-25-17-19-18-16(24-17)12-7-5-8-14(10-12)20(21)22/h3-10H,2,11H2,1H3. The number of benzene rings is 2. The summed E-state index contributed by atoms with van der Waals surface area (Å²) in [6, 6.07) is 13.9. The molecular formula is C17H15N3O4S. The maximum Gasteiger partial charge on any atom is 0.277 e. The molecule has 0 radical (unpaired) electrons. The van der Waals surface area contributed by atoms with Crippen LogP contribution in [0.15, 0.2) is 58.2 Å². The Labute approximate surface area is 148 Å². The number of rotatable bonds is 7. The maximum absolute atomic E-state index is 10.9. The van der Waals surface area contributed by atoms with Gasteiger partial charge < -0.3 is 9.15 Å². The fraction of sp³-hybridized carbons (Fsp3) is 0.176. The lowest BCUT2D eigenvalue weighted by atomic mass is 10.2. The normalized spacial score (nSPS) is 10.6. The molecule has 1 heterocycles. The molecule has 8 heteroatoms. The van der Waals surface area contributed by atoms with E-state index in [0.29, 0.717) is 23.1 Å². The van der Waals surface area contributed by atoms with Gasteiger partial charge in [0.1, 0.15) is 5.75 Å². The van der Waals surface area contributed by atoms with E-state index in [1.54, 1.807) is 12.1 Å². The topological polar surface area (TPSA) is 91.3 Å². The highest BCUT2D eigenvalue weighted by molar-refractivity contribution is 7.98. The van der Waals surface area contributed by atoms with Gasteiger partial charge >= 0.3 is 0 Å². The summed E-state index contributed by atoms with van der Waals surface area (Å²) in [7, 11) is 0. The van der Waals surface area contributed by atoms with Crippen molar-refractivity contribution in [2.24, 2.45) is 0 Å². The third kappa shape index (κ3) is 4.16. The first-order chi connectivity index (χ1) is 12.2. The van der Waals surface area contributed by atoms with Crippen molar-refractivity contribution < 1.29 is 14.1 Å². The van der Waals surface area contributed by atoms with Crippen LogP contribution in [-0.2, 0) is 5.75 Å². The van der Waals surface area contributed by atoms with E-state index >= 15 is 0 Å². The van der Waals surface area contributed by atoms with Gasteiger partial charge in [-0.2, -0.15) is 0 Å². The molecule has 0 aliphatic heterocycles. The summed E-state index contributed by atoms with van der Waals surface area (Å²) < 4.78 is 11.2. The second kappa shape index (κ2) is 7.80. The molecule has 0 saturated heterocycles. The highest BCUT2D eigenvalue weighted by Gasteiger charge is 2.13. The van der Waals surface area contributed by atoms with Crippen molar-refractivity contribution in [2.75, 3.05) is 6.61 Å². The third-order valence-electron chi connectivity index (χ3n) is 3.33. The Hall–Kier alpha value is -2.87. The van der Waals surface area contributed by atoms with E-state index in [-0.39, 0.29) is 11.6 Å². The van der Waals surface area contributed by atoms with Crippen molar-refractivity contribution in [1.82, 2.24) is 10.2 Å². The van der Waals surface area contributed by atoms with Crippen LogP contribution in [0.5, 0.6) is 5.75 Å². The Morgan fingerprint density at radius 3 is 2.84 bits per heavy atom. The largest absolute Gasteiger partial charge is 0.494 e. The van der Waals surface area contributed by atoms with Gasteiger partial charge in [0.2, 0.25) is 5.89 Å². The van der Waals surface area contributed by atoms with Gasteiger partial charge in [0.15, 0.2) is 0 Å². The lowest BCUT2D eigenvalue weighted by molar-refractivity contribution is -0.384. The third-order valence-corrected chi connectivity index (χ3v) is 4.20. The molecule has 0 aliphatic rings. The summed E-state index contributed by atoms with van der Waals surface area (Å²) in [5.41, 5.74) is 1.53. The molecular weight excluding hydrogens is 342 g/mol. The Bertz CT molecular complexity index is 882. The van der Waals surface area contributed by atoms with Gasteiger partial charge in [-0.1, -0.05) is 36.0 Å². The number of para-hydroxylation sites is 1. The minimum Gasteiger partial charge on any atom is -0.494 e. The van der Waals surface area contributed by atoms with Crippen molar-refractivity contribution in [3.05, 3.63) is 64.2 Å². The van der Waals surface area contributed by atoms with Gasteiger partial charge in [0.25, 0.3) is 10.9 Å². The Morgan fingerprint density at radius 1 is 1.20 bits per heavy atom. The molecule has 0 fully saturated rings. The van der Waals surface area contributed by atoms with Gasteiger partial charge in [-0.15, -0.1) is 10.2 Å². The maximum atomic E-state index is 10.9. The van der Waals surface area contributed by atoms with E-state index in [4.69, 9.17) is 9.15 Å². The number of thioether (sulfide) groups is 1. The van der Waals surface area contributed by atoms with Gasteiger partial charge in [-0.25, -0.2) is 0 Å². The molecule has 0 atom stereocenters. The van der Waals surface area contributed by atoms with Crippen LogP contribution in [0.4, 0.5) is 5.69 Å². The van der Waals surface area contributed by atoms with E-state index in [1.165, 1.54) is 23.9 Å². The Kier molecular flexibility index (Phi) is 5.30. The highest BCUT2D eigenvalue weighted by Crippen LogP contribution is 2.30. The number of nitro benzene ring substituents is 1. The predicted octanol–water partition coefficient (Wildman–Crippen LogP) is 4.34. The zero-order valence-electron chi connectivity index (χ0n) is 13.4. The molecule has 0 saturated carbocycles. The first-order valence-corrected chi connectivity index (χ1v) is 8.57. The van der Waals surface area contributed by atoms with Gasteiger partial charge in [-0.05, 0) is 19.1 Å². The highest BCUT2D eigenvalue weighted by atomic mass is 32.2. The van der Waals surface area contributed by atoms with Crippen molar-refractivity contribution in [1.29, 1.82) is 0 Å². The molecule has 0 aliphatic carbocycles. The second-order valence-corrected chi connectivity index (χ2v) is 5.94. The van der Waals surface area contributed by atoms with Crippen LogP contribution in [-0.4, -0.2) is 21.7 Å². The smallest absolute Gasteiger partial charge is 0.277 e. The lowest BCUT2D eigenvalue weighted by Gasteiger charge is -2.08. The van der Waals surface area contributed by atoms with E-state index < -0.39 is 4.92 Å². The zero-order chi connectivity index (χ0) is 17.6. The number of hydrogen-bond acceptors (Lipinski definition) is 7. The number of nitro groups is 1. The summed E-state index contributed by atoms with van der Waals surface area (Å²) in [5.74, 6) is 1.70. The zero-order valence-corrected chi connectivity index (χ0v) is 14.2. The predicted molar refractivity (Wildman–Crippen MR) is 93.6 cm³/mol. The molecule has 7 nitrogen and oxygen atoms in total. The number of ether oxygens (including phenoxy) is 1. The van der Waals surface area contributed by atoms with Crippen LogP contribution in [0.2, 0.25) is 0 Å². The molecule has 0 spiro atoms. The second-order valence-electron chi connectivity index (χ2n) is 5.01. The van der Waals surface area contributed by atoms with E-state index in [2.05, 4.69) is 10.2 Å². The molecule has 3 aromatic rings. The first-order valence-electron chi connectivity index (χ1n) is 7.59. The molecule has 0 unspecified atom stereocenters. The van der Waals surface area contributed by atoms with Gasteiger partial charge in [-0.3, -0.25) is 10.1 Å². The van der Waals surface area contributed by atoms with Crippen LogP contribution in [0.1, 0.15) is 12.5 Å². The van der Waals surface area contributed by atoms with Crippen LogP contribution < -0.4 is 4.74 Å². The summed E-state index contributed by atoms with van der Waals surface area (Å²) in [4.78, 5) is 10.4. The fourth-order valence-electron chi connectivity index (χ4n) is 2.20. The minimum atomic E-state index is -0.458. The van der Waals surface area contributed by atoms with Crippen molar-refractivity contribution in [3.63, 3.8) is 0 Å². The minimum absolute atomic E-state index is 0.0180. The molecule has 3 rings (SSSR count). The van der Waals surface area contributed by atoms with E-state index in [9.17, 15) is 10.1 Å². The van der Waals surface area contributed by atoms with Crippen molar-refractivity contribution >= 4 is 17.4 Å². The average molecular weight is 357 g/mol. The van der Waals surface area contributed by atoms with E-state index in [1.807, 2.05) is 31.2 Å². The first kappa shape index (κ1) is 17.0. The summed E-state index contributed by atoms with van der Waals surface area (Å²) in [6.45, 7) is 2.53. The summed E-state index contributed by atoms with van der Waals surface area (Å²) in [6.07, 6.45) is 0. The average Bonchev–Trinajstić information content (AvgIpc) is 3.10. The number of aromatic nitrogens is 2. The van der Waals surface area contributed by atoms with Gasteiger partial charge in [0.05, 0.1) is 11.5 Å². The van der Waals surface area contributed by atoms with Crippen LogP contribution in [0.3, 0.4) is 0 Å². The number of non-ortho nitro benzene ring substituents is 1. The van der Waals surface area contributed by atoms with Gasteiger partial charge in [0, 0.05) is 29.0 Å². The summed E-state index contributed by atoms with van der Waals surface area (Å²) >= 11 is 1.39. The fourth-order valence-corrected chi connectivity index (χ4v) is 2.95. The molecule has 0 amide bonds. The Morgan fingerprint density at radius 2 is 2.04 bits per heavy atom. The molecule has 25 heavy (non-hydrogen) atoms. The van der Waals surface area contributed by atoms with Crippen LogP contribution in [0.25, 0.3) is 11.5 Å². The quantitative estimate of drug-likeness (QED) is 0.353. The van der Waals surface area contributed by atoms with Crippen molar-refractivity contribution in [3.8, 4) is 17.2 Å². The van der Waals surface area contributed by atoms with Crippen molar-refractivity contribution in [2.45, 2.75) is 17.9 Å². The molecule has 1 aromatic heterocycles. The Balaban J connectivity index is 1.72. The molecule has 2 aromatic carbocycles. The summed E-state index contributed by atoms with van der Waals surface area (Å²) in [5, 5.41) is 19.2. The molecule has 128 valence electrons.